The molecule has 1 aliphatic heterocycles. The maximum Gasteiger partial charge on any atom is 0.119 e. The predicted octanol–water partition coefficient (Wildman–Crippen LogP) is 3.20. The number of nitrogens with zero attached hydrogens (tertiary/aromatic N) is 3. The summed E-state index contributed by atoms with van der Waals surface area (Å²) in [6.07, 6.45) is 10.2. The minimum Gasteiger partial charge on any atom is -0.493 e. The average molecular weight is 323 g/mol. The second-order valence-corrected chi connectivity index (χ2v) is 6.38. The summed E-state index contributed by atoms with van der Waals surface area (Å²) in [7, 11) is 2.04. The van der Waals surface area contributed by atoms with Crippen LogP contribution in [0.25, 0.3) is 0 Å². The molecular formula is C20H25N3O. The number of benzene rings is 1. The number of hydrogen-bond donors (Lipinski definition) is 0. The number of terminal acetylenes is 1. The average Bonchev–Trinajstić information content (AvgIpc) is 3.03. The number of piperidine rings is 1. The molecule has 0 radical (unpaired) electrons. The molecule has 126 valence electrons. The highest BCUT2D eigenvalue weighted by atomic mass is 16.5. The van der Waals surface area contributed by atoms with E-state index in [0.717, 1.165) is 25.4 Å². The second-order valence-electron chi connectivity index (χ2n) is 6.38. The highest BCUT2D eigenvalue weighted by molar-refractivity contribution is 5.27. The molecule has 24 heavy (non-hydrogen) atoms. The highest BCUT2D eigenvalue weighted by Crippen LogP contribution is 2.28. The smallest absolute Gasteiger partial charge is 0.119 e. The zero-order valence-electron chi connectivity index (χ0n) is 14.3. The van der Waals surface area contributed by atoms with Crippen molar-refractivity contribution in [1.29, 1.82) is 0 Å². The van der Waals surface area contributed by atoms with Crippen LogP contribution in [0.5, 0.6) is 5.75 Å². The molecule has 0 spiro atoms. The largest absolute Gasteiger partial charge is 0.493 e. The number of hydrogen-bond acceptors (Lipinski definition) is 3. The summed E-state index contributed by atoms with van der Waals surface area (Å²) in [6.45, 7) is 3.85. The van der Waals surface area contributed by atoms with Gasteiger partial charge in [-0.2, -0.15) is 5.10 Å². The fraction of sp³-hybridized carbons (Fsp3) is 0.450. The maximum atomic E-state index is 5.59. The van der Waals surface area contributed by atoms with E-state index in [9.17, 15) is 0 Å². The minimum absolute atomic E-state index is 0.581. The summed E-state index contributed by atoms with van der Waals surface area (Å²) < 4.78 is 7.61. The summed E-state index contributed by atoms with van der Waals surface area (Å²) in [5, 5.41) is 4.29. The molecule has 0 N–H and O–H groups in total. The first kappa shape index (κ1) is 16.6. The standard InChI is InChI=1S/C20H25N3O/c1-3-4-15-24-19-7-5-17(6-8-19)16-23-13-10-18(11-14-23)20-9-12-21-22(20)2/h1,5-9,12,18H,4,10-11,13-16H2,2H3. The molecule has 0 bridgehead atoms. The Bertz CT molecular complexity index is 676. The van der Waals surface area contributed by atoms with Crippen LogP contribution in [0.3, 0.4) is 0 Å². The van der Waals surface area contributed by atoms with Gasteiger partial charge in [0.2, 0.25) is 0 Å². The lowest BCUT2D eigenvalue weighted by Gasteiger charge is -2.32. The number of rotatable bonds is 6. The number of ether oxygens (including phenoxy) is 1. The molecule has 0 saturated carbocycles. The van der Waals surface area contributed by atoms with Gasteiger partial charge in [-0.25, -0.2) is 0 Å². The van der Waals surface area contributed by atoms with Gasteiger partial charge in [0.15, 0.2) is 0 Å². The van der Waals surface area contributed by atoms with Crippen LogP contribution in [0.1, 0.15) is 36.4 Å². The van der Waals surface area contributed by atoms with Crippen LogP contribution in [0.2, 0.25) is 0 Å². The van der Waals surface area contributed by atoms with Gasteiger partial charge < -0.3 is 4.74 Å². The lowest BCUT2D eigenvalue weighted by Crippen LogP contribution is -2.33. The highest BCUT2D eigenvalue weighted by Gasteiger charge is 2.22. The van der Waals surface area contributed by atoms with Gasteiger partial charge in [0.25, 0.3) is 0 Å². The molecule has 4 nitrogen and oxygen atoms in total. The third-order valence-electron chi connectivity index (χ3n) is 4.71. The van der Waals surface area contributed by atoms with E-state index in [2.05, 4.69) is 34.1 Å². The van der Waals surface area contributed by atoms with Crippen LogP contribution in [-0.4, -0.2) is 34.4 Å². The van der Waals surface area contributed by atoms with Crippen LogP contribution in [0, 0.1) is 12.3 Å². The molecular weight excluding hydrogens is 298 g/mol. The molecule has 2 aromatic rings. The topological polar surface area (TPSA) is 30.3 Å². The SMILES string of the molecule is C#CCCOc1ccc(CN2CCC(c3ccnn3C)CC2)cc1. The van der Waals surface area contributed by atoms with E-state index in [4.69, 9.17) is 11.2 Å². The quantitative estimate of drug-likeness (QED) is 0.604. The van der Waals surface area contributed by atoms with E-state index in [-0.39, 0.29) is 0 Å². The first-order chi connectivity index (χ1) is 11.8. The van der Waals surface area contributed by atoms with E-state index >= 15 is 0 Å². The second kappa shape index (κ2) is 8.03. The summed E-state index contributed by atoms with van der Waals surface area (Å²) in [5.74, 6) is 4.12. The maximum absolute atomic E-state index is 5.59. The Balaban J connectivity index is 1.47. The van der Waals surface area contributed by atoms with Gasteiger partial charge in [-0.05, 0) is 49.7 Å². The van der Waals surface area contributed by atoms with Gasteiger partial charge in [-0.1, -0.05) is 12.1 Å². The zero-order valence-corrected chi connectivity index (χ0v) is 14.3. The van der Waals surface area contributed by atoms with Crippen molar-refractivity contribution < 1.29 is 4.74 Å². The van der Waals surface area contributed by atoms with Crippen molar-refractivity contribution in [3.8, 4) is 18.1 Å². The number of likely N-dealkylation sites (tertiary alicyclic amines) is 1. The number of aromatic nitrogens is 2. The molecule has 0 atom stereocenters. The normalized spacial score (nSPS) is 16.0. The Morgan fingerprint density at radius 2 is 1.96 bits per heavy atom. The summed E-state index contributed by atoms with van der Waals surface area (Å²) in [6, 6.07) is 10.5. The minimum atomic E-state index is 0.581. The van der Waals surface area contributed by atoms with Crippen LogP contribution >= 0.6 is 0 Å². The molecule has 1 aromatic carbocycles. The van der Waals surface area contributed by atoms with Crippen molar-refractivity contribution >= 4 is 0 Å². The third-order valence-corrected chi connectivity index (χ3v) is 4.71. The Kier molecular flexibility index (Phi) is 5.55. The van der Waals surface area contributed by atoms with E-state index in [1.165, 1.54) is 24.1 Å². The van der Waals surface area contributed by atoms with Crippen molar-refractivity contribution in [2.45, 2.75) is 31.7 Å². The van der Waals surface area contributed by atoms with Gasteiger partial charge in [0.1, 0.15) is 5.75 Å². The van der Waals surface area contributed by atoms with Gasteiger partial charge in [0.05, 0.1) is 6.61 Å². The van der Waals surface area contributed by atoms with Crippen molar-refractivity contribution in [1.82, 2.24) is 14.7 Å². The molecule has 0 aliphatic carbocycles. The van der Waals surface area contributed by atoms with Gasteiger partial charge in [0, 0.05) is 37.8 Å². The third kappa shape index (κ3) is 4.18. The van der Waals surface area contributed by atoms with Crippen molar-refractivity contribution in [3.63, 3.8) is 0 Å². The Morgan fingerprint density at radius 3 is 2.58 bits per heavy atom. The van der Waals surface area contributed by atoms with E-state index in [1.54, 1.807) is 0 Å². The van der Waals surface area contributed by atoms with Crippen LogP contribution < -0.4 is 4.74 Å². The van der Waals surface area contributed by atoms with Crippen LogP contribution in [-0.2, 0) is 13.6 Å². The number of aryl methyl sites for hydroxylation is 1. The Morgan fingerprint density at radius 1 is 1.21 bits per heavy atom. The van der Waals surface area contributed by atoms with Gasteiger partial charge in [-0.15, -0.1) is 12.3 Å². The first-order valence-electron chi connectivity index (χ1n) is 8.61. The van der Waals surface area contributed by atoms with E-state index in [0.29, 0.717) is 18.9 Å². The molecule has 2 heterocycles. The lowest BCUT2D eigenvalue weighted by atomic mass is 9.93. The summed E-state index contributed by atoms with van der Waals surface area (Å²) in [5.41, 5.74) is 2.70. The Labute approximate surface area is 144 Å². The first-order valence-corrected chi connectivity index (χ1v) is 8.61. The Hall–Kier alpha value is -2.25. The molecule has 0 amide bonds. The fourth-order valence-corrected chi connectivity index (χ4v) is 3.35. The van der Waals surface area contributed by atoms with Crippen LogP contribution in [0.15, 0.2) is 36.5 Å². The fourth-order valence-electron chi connectivity index (χ4n) is 3.35. The molecule has 0 unspecified atom stereocenters. The van der Waals surface area contributed by atoms with Crippen LogP contribution in [0.4, 0.5) is 0 Å². The lowest BCUT2D eigenvalue weighted by molar-refractivity contribution is 0.201. The van der Waals surface area contributed by atoms with E-state index in [1.807, 2.05) is 30.1 Å². The molecule has 3 rings (SSSR count). The molecule has 4 heteroatoms. The van der Waals surface area contributed by atoms with Gasteiger partial charge >= 0.3 is 0 Å². The summed E-state index contributed by atoms with van der Waals surface area (Å²) in [4.78, 5) is 2.53. The predicted molar refractivity (Wildman–Crippen MR) is 95.8 cm³/mol. The molecule has 1 saturated heterocycles. The van der Waals surface area contributed by atoms with Crippen molar-refractivity contribution in [3.05, 3.63) is 47.8 Å². The molecule has 1 aromatic heterocycles. The van der Waals surface area contributed by atoms with Crippen molar-refractivity contribution in [2.75, 3.05) is 19.7 Å². The monoisotopic (exact) mass is 323 g/mol. The zero-order chi connectivity index (χ0) is 16.8. The summed E-state index contributed by atoms with van der Waals surface area (Å²) >= 11 is 0. The molecule has 1 fully saturated rings. The van der Waals surface area contributed by atoms with Gasteiger partial charge in [-0.3, -0.25) is 9.58 Å². The van der Waals surface area contributed by atoms with Crippen molar-refractivity contribution in [2.24, 2.45) is 7.05 Å². The van der Waals surface area contributed by atoms with E-state index < -0.39 is 0 Å². The molecule has 1 aliphatic rings.